The fraction of sp³-hybridized carbons (Fsp3) is 0.429. The van der Waals surface area contributed by atoms with Gasteiger partial charge in [-0.05, 0) is 31.4 Å². The van der Waals surface area contributed by atoms with E-state index in [1.54, 1.807) is 31.2 Å². The monoisotopic (exact) mass is 263 g/mol. The largest absolute Gasteiger partial charge is 0.481 e. The molecule has 0 aromatic heterocycles. The van der Waals surface area contributed by atoms with Gasteiger partial charge in [0.15, 0.2) is 0 Å². The van der Waals surface area contributed by atoms with Crippen LogP contribution in [0.2, 0.25) is 0 Å². The molecule has 5 nitrogen and oxygen atoms in total. The molecule has 102 valence electrons. The quantitative estimate of drug-likeness (QED) is 0.868. The van der Waals surface area contributed by atoms with Crippen molar-refractivity contribution in [1.29, 1.82) is 0 Å². The van der Waals surface area contributed by atoms with Crippen LogP contribution in [-0.2, 0) is 20.7 Å². The molecule has 19 heavy (non-hydrogen) atoms. The first-order valence-corrected chi connectivity index (χ1v) is 6.26. The van der Waals surface area contributed by atoms with Gasteiger partial charge in [0.2, 0.25) is 0 Å². The molecule has 1 fully saturated rings. The van der Waals surface area contributed by atoms with Crippen LogP contribution in [0.1, 0.15) is 25.3 Å². The third-order valence-electron chi connectivity index (χ3n) is 3.31. The Bertz CT molecular complexity index is 492. The van der Waals surface area contributed by atoms with Gasteiger partial charge in [0.1, 0.15) is 5.60 Å². The van der Waals surface area contributed by atoms with E-state index in [1.165, 1.54) is 0 Å². The van der Waals surface area contributed by atoms with E-state index in [2.05, 4.69) is 5.32 Å². The number of nitrogens with one attached hydrogen (secondary N) is 1. The van der Waals surface area contributed by atoms with Crippen molar-refractivity contribution >= 4 is 17.6 Å². The zero-order valence-corrected chi connectivity index (χ0v) is 10.8. The smallest absolute Gasteiger partial charge is 0.307 e. The van der Waals surface area contributed by atoms with Gasteiger partial charge in [-0.15, -0.1) is 0 Å². The van der Waals surface area contributed by atoms with Gasteiger partial charge in [0, 0.05) is 12.3 Å². The van der Waals surface area contributed by atoms with Crippen LogP contribution in [0.5, 0.6) is 0 Å². The van der Waals surface area contributed by atoms with Gasteiger partial charge in [-0.1, -0.05) is 18.2 Å². The van der Waals surface area contributed by atoms with Crippen LogP contribution in [0.3, 0.4) is 0 Å². The summed E-state index contributed by atoms with van der Waals surface area (Å²) in [6, 6.07) is 6.91. The molecule has 1 heterocycles. The molecule has 1 amide bonds. The number of aliphatic carboxylic acids is 1. The molecular weight excluding hydrogens is 246 g/mol. The zero-order valence-electron chi connectivity index (χ0n) is 10.8. The van der Waals surface area contributed by atoms with Crippen molar-refractivity contribution < 1.29 is 19.4 Å². The predicted octanol–water partition coefficient (Wildman–Crippen LogP) is 1.82. The summed E-state index contributed by atoms with van der Waals surface area (Å²) in [4.78, 5) is 23.0. The number of carbonyl (C=O) groups excluding carboxylic acids is 1. The number of rotatable bonds is 4. The Kier molecular flexibility index (Phi) is 3.85. The molecule has 1 saturated heterocycles. The van der Waals surface area contributed by atoms with Crippen molar-refractivity contribution in [3.8, 4) is 0 Å². The molecule has 1 atom stereocenters. The maximum absolute atomic E-state index is 12.2. The Balaban J connectivity index is 2.14. The summed E-state index contributed by atoms with van der Waals surface area (Å²) in [7, 11) is 0. The van der Waals surface area contributed by atoms with Crippen LogP contribution in [0.25, 0.3) is 0 Å². The highest BCUT2D eigenvalue weighted by Gasteiger charge is 2.37. The number of carboxylic acids is 1. The first kappa shape index (κ1) is 13.5. The minimum absolute atomic E-state index is 0.117. The number of benzene rings is 1. The van der Waals surface area contributed by atoms with Crippen molar-refractivity contribution in [2.24, 2.45) is 0 Å². The molecule has 5 heteroatoms. The summed E-state index contributed by atoms with van der Waals surface area (Å²) in [5.41, 5.74) is 0.313. The van der Waals surface area contributed by atoms with Gasteiger partial charge in [-0.3, -0.25) is 9.59 Å². The lowest BCUT2D eigenvalue weighted by Crippen LogP contribution is -2.39. The summed E-state index contributed by atoms with van der Waals surface area (Å²) >= 11 is 0. The molecule has 0 radical (unpaired) electrons. The van der Waals surface area contributed by atoms with Gasteiger partial charge in [0.25, 0.3) is 5.91 Å². The first-order chi connectivity index (χ1) is 9.01. The van der Waals surface area contributed by atoms with Gasteiger partial charge >= 0.3 is 5.97 Å². The number of anilines is 1. The highest BCUT2D eigenvalue weighted by molar-refractivity contribution is 5.98. The van der Waals surface area contributed by atoms with Gasteiger partial charge in [-0.2, -0.15) is 0 Å². The molecule has 1 aromatic rings. The van der Waals surface area contributed by atoms with Crippen molar-refractivity contribution in [3.05, 3.63) is 29.8 Å². The second-order valence-corrected chi connectivity index (χ2v) is 4.86. The lowest BCUT2D eigenvalue weighted by molar-refractivity contribution is -0.136. The highest BCUT2D eigenvalue weighted by Crippen LogP contribution is 2.27. The average molecular weight is 263 g/mol. The van der Waals surface area contributed by atoms with Crippen molar-refractivity contribution in [3.63, 3.8) is 0 Å². The van der Waals surface area contributed by atoms with Crippen molar-refractivity contribution in [1.82, 2.24) is 0 Å². The van der Waals surface area contributed by atoms with E-state index < -0.39 is 11.6 Å². The minimum atomic E-state index is -0.926. The Morgan fingerprint density at radius 2 is 2.16 bits per heavy atom. The number of carboxylic acid groups (broad SMARTS) is 1. The van der Waals surface area contributed by atoms with E-state index in [1.807, 2.05) is 0 Å². The van der Waals surface area contributed by atoms with E-state index in [-0.39, 0.29) is 12.3 Å². The lowest BCUT2D eigenvalue weighted by Gasteiger charge is -2.22. The summed E-state index contributed by atoms with van der Waals surface area (Å²) in [6.45, 7) is 2.34. The second-order valence-electron chi connectivity index (χ2n) is 4.86. The number of carbonyl (C=O) groups is 2. The fourth-order valence-corrected chi connectivity index (χ4v) is 2.17. The lowest BCUT2D eigenvalue weighted by atomic mass is 10.0. The van der Waals surface area contributed by atoms with E-state index in [0.29, 0.717) is 24.3 Å². The van der Waals surface area contributed by atoms with E-state index >= 15 is 0 Å². The molecule has 2 rings (SSSR count). The van der Waals surface area contributed by atoms with Crippen LogP contribution in [-0.4, -0.2) is 29.2 Å². The minimum Gasteiger partial charge on any atom is -0.481 e. The van der Waals surface area contributed by atoms with Crippen LogP contribution in [0.4, 0.5) is 5.69 Å². The molecule has 1 aromatic carbocycles. The predicted molar refractivity (Wildman–Crippen MR) is 70.0 cm³/mol. The molecule has 1 aliphatic heterocycles. The Hall–Kier alpha value is -1.88. The third-order valence-corrected chi connectivity index (χ3v) is 3.31. The number of ether oxygens (including phenoxy) is 1. The van der Waals surface area contributed by atoms with Crippen LogP contribution in [0.15, 0.2) is 24.3 Å². The van der Waals surface area contributed by atoms with Crippen LogP contribution in [0, 0.1) is 0 Å². The molecule has 0 aliphatic carbocycles. The second kappa shape index (κ2) is 5.40. The normalized spacial score (nSPS) is 22.2. The van der Waals surface area contributed by atoms with Crippen molar-refractivity contribution in [2.45, 2.75) is 31.8 Å². The summed E-state index contributed by atoms with van der Waals surface area (Å²) in [6.07, 6.45) is 1.43. The maximum Gasteiger partial charge on any atom is 0.307 e. The number of para-hydroxylation sites is 1. The highest BCUT2D eigenvalue weighted by atomic mass is 16.5. The molecule has 2 N–H and O–H groups in total. The van der Waals surface area contributed by atoms with Crippen LogP contribution < -0.4 is 5.32 Å². The Morgan fingerprint density at radius 3 is 2.79 bits per heavy atom. The summed E-state index contributed by atoms with van der Waals surface area (Å²) in [5, 5.41) is 11.6. The Labute approximate surface area is 111 Å². The Morgan fingerprint density at radius 1 is 1.42 bits per heavy atom. The maximum atomic E-state index is 12.2. The molecule has 0 saturated carbocycles. The molecule has 0 bridgehead atoms. The van der Waals surface area contributed by atoms with E-state index in [4.69, 9.17) is 9.84 Å². The molecule has 1 unspecified atom stereocenters. The standard InChI is InChI=1S/C14H17NO4/c1-14(7-4-8-19-14)13(18)15-11-6-3-2-5-10(11)9-12(16)17/h2-3,5-6H,4,7-9H2,1H3,(H,15,18)(H,16,17). The van der Waals surface area contributed by atoms with E-state index in [0.717, 1.165) is 6.42 Å². The zero-order chi connectivity index (χ0) is 13.9. The summed E-state index contributed by atoms with van der Waals surface area (Å²) < 4.78 is 5.47. The molecule has 0 spiro atoms. The fourth-order valence-electron chi connectivity index (χ4n) is 2.17. The van der Waals surface area contributed by atoms with Crippen molar-refractivity contribution in [2.75, 3.05) is 11.9 Å². The molecule has 1 aliphatic rings. The first-order valence-electron chi connectivity index (χ1n) is 6.26. The van der Waals surface area contributed by atoms with Gasteiger partial charge in [0.05, 0.1) is 6.42 Å². The molecular formula is C14H17NO4. The van der Waals surface area contributed by atoms with Gasteiger partial charge in [-0.25, -0.2) is 0 Å². The number of hydrogen-bond donors (Lipinski definition) is 2. The number of hydrogen-bond acceptors (Lipinski definition) is 3. The average Bonchev–Trinajstić information content (AvgIpc) is 2.79. The topological polar surface area (TPSA) is 75.6 Å². The third kappa shape index (κ3) is 3.12. The number of amides is 1. The van der Waals surface area contributed by atoms with Crippen LogP contribution >= 0.6 is 0 Å². The van der Waals surface area contributed by atoms with E-state index in [9.17, 15) is 9.59 Å². The SMILES string of the molecule is CC1(C(=O)Nc2ccccc2CC(=O)O)CCCO1. The summed E-state index contributed by atoms with van der Waals surface area (Å²) in [5.74, 6) is -1.15. The van der Waals surface area contributed by atoms with Gasteiger partial charge < -0.3 is 15.2 Å².